The van der Waals surface area contributed by atoms with Crippen molar-refractivity contribution < 1.29 is 19.6 Å². The van der Waals surface area contributed by atoms with Crippen LogP contribution in [0, 0.1) is 16.0 Å². The molecule has 0 radical (unpaired) electrons. The lowest BCUT2D eigenvalue weighted by molar-refractivity contribution is -0.525. The van der Waals surface area contributed by atoms with E-state index >= 15 is 0 Å². The van der Waals surface area contributed by atoms with E-state index in [1.165, 1.54) is 0 Å². The minimum Gasteiger partial charge on any atom is -0.365 e. The van der Waals surface area contributed by atoms with E-state index in [0.717, 1.165) is 12.8 Å². The van der Waals surface area contributed by atoms with Crippen molar-refractivity contribution in [2.45, 2.75) is 51.6 Å². The van der Waals surface area contributed by atoms with Crippen molar-refractivity contribution in [1.82, 2.24) is 10.3 Å². The highest BCUT2D eigenvalue weighted by molar-refractivity contribution is 5.82. The van der Waals surface area contributed by atoms with Gasteiger partial charge in [0.15, 0.2) is 5.03 Å². The van der Waals surface area contributed by atoms with E-state index in [1.807, 2.05) is 6.92 Å². The molecule has 3 atom stereocenters. The summed E-state index contributed by atoms with van der Waals surface area (Å²) < 4.78 is 0. The molecule has 26 heavy (non-hydrogen) atoms. The molecule has 0 saturated carbocycles. The third-order valence-corrected chi connectivity index (χ3v) is 4.20. The second kappa shape index (κ2) is 11.6. The minimum atomic E-state index is -0.782. The molecule has 1 amide bonds. The second-order valence-corrected chi connectivity index (χ2v) is 6.39. The largest absolute Gasteiger partial charge is 0.365 e. The van der Waals surface area contributed by atoms with Crippen molar-refractivity contribution in [1.29, 1.82) is 0 Å². The molecule has 0 bridgehead atoms. The molecule has 1 fully saturated rings. The van der Waals surface area contributed by atoms with Gasteiger partial charge in [-0.05, 0) is 38.5 Å². The van der Waals surface area contributed by atoms with Crippen molar-refractivity contribution >= 4 is 11.9 Å². The smallest absolute Gasteiger partial charge is 0.251 e. The summed E-state index contributed by atoms with van der Waals surface area (Å²) in [4.78, 5) is 38.6. The van der Waals surface area contributed by atoms with Crippen LogP contribution in [0.3, 0.4) is 0 Å². The van der Waals surface area contributed by atoms with E-state index in [-0.39, 0.29) is 24.5 Å². The minimum absolute atomic E-state index is 0.0539. The van der Waals surface area contributed by atoms with E-state index in [0.29, 0.717) is 38.5 Å². The Morgan fingerprint density at radius 3 is 2.88 bits per heavy atom. The lowest BCUT2D eigenvalue weighted by Gasteiger charge is -2.39. The van der Waals surface area contributed by atoms with E-state index in [4.69, 9.17) is 21.2 Å². The Bertz CT molecular complexity index is 489. The van der Waals surface area contributed by atoms with Gasteiger partial charge in [0.1, 0.15) is 6.61 Å². The maximum atomic E-state index is 12.7. The van der Waals surface area contributed by atoms with Gasteiger partial charge in [0.05, 0.1) is 18.7 Å². The Hall–Kier alpha value is -1.98. The molecule has 1 aliphatic rings. The van der Waals surface area contributed by atoms with Gasteiger partial charge in [0.2, 0.25) is 5.91 Å². The highest BCUT2D eigenvalue weighted by Crippen LogP contribution is 2.23. The first-order chi connectivity index (χ1) is 12.3. The second-order valence-electron chi connectivity index (χ2n) is 6.39. The van der Waals surface area contributed by atoms with Crippen molar-refractivity contribution in [2.24, 2.45) is 22.4 Å². The quantitative estimate of drug-likeness (QED) is 0.118. The number of rotatable bonds is 10. The van der Waals surface area contributed by atoms with Crippen molar-refractivity contribution in [3.63, 3.8) is 0 Å². The van der Waals surface area contributed by atoms with Gasteiger partial charge in [-0.2, -0.15) is 0 Å². The van der Waals surface area contributed by atoms with Crippen LogP contribution in [0.25, 0.3) is 0 Å². The van der Waals surface area contributed by atoms with Crippen LogP contribution >= 0.6 is 0 Å². The number of aliphatic imine (C=N–C) groups is 1. The third-order valence-electron chi connectivity index (χ3n) is 4.20. The summed E-state index contributed by atoms with van der Waals surface area (Å²) in [6, 6.07) is -0.709. The fourth-order valence-electron chi connectivity index (χ4n) is 2.89. The number of nitrogens with two attached hydrogens (primary N) is 2. The van der Waals surface area contributed by atoms with Gasteiger partial charge in [-0.15, -0.1) is 0 Å². The van der Waals surface area contributed by atoms with Gasteiger partial charge in [0.25, 0.3) is 5.96 Å². The molecule has 1 aliphatic heterocycles. The molecule has 1 heterocycles. The number of guanidine groups is 1. The number of carbonyl (C=O) groups is 1. The Balaban J connectivity index is 2.47. The molecule has 11 nitrogen and oxygen atoms in total. The molecule has 5 N–H and O–H groups in total. The zero-order valence-electron chi connectivity index (χ0n) is 15.4. The van der Waals surface area contributed by atoms with Crippen molar-refractivity contribution in [3.8, 4) is 0 Å². The number of hydrogen-bond acceptors (Lipinski definition) is 7. The Labute approximate surface area is 153 Å². The first kappa shape index (κ1) is 22.1. The van der Waals surface area contributed by atoms with E-state index in [1.54, 1.807) is 10.3 Å². The van der Waals surface area contributed by atoms with Crippen LogP contribution in [0.5, 0.6) is 0 Å². The maximum Gasteiger partial charge on any atom is 0.251 e. The predicted molar refractivity (Wildman–Crippen MR) is 95.3 cm³/mol. The van der Waals surface area contributed by atoms with Gasteiger partial charge >= 0.3 is 0 Å². The Morgan fingerprint density at radius 2 is 2.23 bits per heavy atom. The zero-order valence-corrected chi connectivity index (χ0v) is 15.4. The number of piperidine rings is 1. The van der Waals surface area contributed by atoms with Gasteiger partial charge in [0, 0.05) is 13.1 Å². The van der Waals surface area contributed by atoms with Crippen molar-refractivity contribution in [3.05, 3.63) is 10.1 Å². The summed E-state index contributed by atoms with van der Waals surface area (Å²) in [7, 11) is 0. The maximum absolute atomic E-state index is 12.7. The number of hydrogen-bond donors (Lipinski definition) is 3. The van der Waals surface area contributed by atoms with Gasteiger partial charge in [-0.3, -0.25) is 4.79 Å². The molecule has 0 aromatic carbocycles. The van der Waals surface area contributed by atoms with Crippen LogP contribution in [0.1, 0.15) is 39.5 Å². The highest BCUT2D eigenvalue weighted by atomic mass is 17.2. The lowest BCUT2D eigenvalue weighted by atomic mass is 9.92. The van der Waals surface area contributed by atoms with Crippen LogP contribution in [-0.2, 0) is 14.6 Å². The van der Waals surface area contributed by atoms with Crippen LogP contribution < -0.4 is 16.9 Å². The number of likely N-dealkylation sites (tertiary alicyclic amines) is 1. The van der Waals surface area contributed by atoms with E-state index < -0.39 is 11.1 Å². The normalized spacial score (nSPS) is 22.1. The fourth-order valence-corrected chi connectivity index (χ4v) is 2.89. The number of hydrazine groups is 1. The average molecular weight is 374 g/mol. The molecule has 0 unspecified atom stereocenters. The summed E-state index contributed by atoms with van der Waals surface area (Å²) in [5.41, 5.74) is 13.1. The number of nitro groups is 1. The summed E-state index contributed by atoms with van der Waals surface area (Å²) in [6.07, 6.45) is 2.69. The van der Waals surface area contributed by atoms with Crippen LogP contribution in [-0.4, -0.2) is 60.2 Å². The zero-order chi connectivity index (χ0) is 19.5. The number of amides is 1. The molecule has 150 valence electrons. The topological polar surface area (TPSA) is 158 Å². The number of nitrogens with one attached hydrogen (secondary N) is 1. The molecule has 0 aliphatic carbocycles. The van der Waals surface area contributed by atoms with Gasteiger partial charge in [-0.25, -0.2) is 24.9 Å². The Kier molecular flexibility index (Phi) is 9.84. The summed E-state index contributed by atoms with van der Waals surface area (Å²) in [5, 5.41) is 9.43. The van der Waals surface area contributed by atoms with Crippen LogP contribution in [0.2, 0.25) is 0 Å². The predicted octanol–water partition coefficient (Wildman–Crippen LogP) is -0.215. The molecule has 0 spiro atoms. The monoisotopic (exact) mass is 374 g/mol. The summed E-state index contributed by atoms with van der Waals surface area (Å²) in [6.45, 7) is 5.65. The molecular weight excluding hydrogens is 344 g/mol. The standard InChI is InChI=1S/C15H30N6O5/c1-3-25-26-10-12-9-11(2)6-8-20(12)14(22)13(16)5-4-7-18-15(17)19-21(23)24/h11-13H,3-10,16H2,1-2H3,(H3,17,18,19)/t11-,12-,13-/m0/s1. The van der Waals surface area contributed by atoms with E-state index in [9.17, 15) is 14.9 Å². The highest BCUT2D eigenvalue weighted by Gasteiger charge is 2.32. The van der Waals surface area contributed by atoms with Crippen LogP contribution in [0.15, 0.2) is 4.99 Å². The molecule has 0 aromatic heterocycles. The third kappa shape index (κ3) is 7.93. The number of nitrogens with zero attached hydrogens (tertiary/aromatic N) is 3. The van der Waals surface area contributed by atoms with Gasteiger partial charge < -0.3 is 16.4 Å². The Morgan fingerprint density at radius 1 is 1.50 bits per heavy atom. The summed E-state index contributed by atoms with van der Waals surface area (Å²) in [5.74, 6) is 0.118. The van der Waals surface area contributed by atoms with Crippen molar-refractivity contribution in [2.75, 3.05) is 26.3 Å². The van der Waals surface area contributed by atoms with Gasteiger partial charge in [-0.1, -0.05) is 12.3 Å². The first-order valence-corrected chi connectivity index (χ1v) is 8.86. The lowest BCUT2D eigenvalue weighted by Crippen LogP contribution is -2.53. The number of carbonyl (C=O) groups excluding carboxylic acids is 1. The average Bonchev–Trinajstić information content (AvgIpc) is 2.57. The molecule has 1 rings (SSSR count). The SMILES string of the molecule is CCOOC[C@@H]1C[C@@H](C)CCN1C(=O)[C@@H](N)CCCN=C(N)N[N+](=O)[O-]. The van der Waals surface area contributed by atoms with Crippen LogP contribution in [0.4, 0.5) is 0 Å². The molecule has 1 saturated heterocycles. The summed E-state index contributed by atoms with van der Waals surface area (Å²) >= 11 is 0. The first-order valence-electron chi connectivity index (χ1n) is 8.86. The molecule has 0 aromatic rings. The fraction of sp³-hybridized carbons (Fsp3) is 0.867. The molecule has 11 heteroatoms. The molecular formula is C15H30N6O5. The van der Waals surface area contributed by atoms with E-state index in [2.05, 4.69) is 11.9 Å².